The van der Waals surface area contributed by atoms with Gasteiger partial charge in [-0.05, 0) is 68.6 Å². The van der Waals surface area contributed by atoms with Crippen LogP contribution in [0.15, 0.2) is 24.3 Å². The Kier molecular flexibility index (Phi) is 21.3. The Morgan fingerprint density at radius 2 is 1.42 bits per heavy atom. The molecule has 1 saturated carbocycles. The van der Waals surface area contributed by atoms with Gasteiger partial charge in [0.15, 0.2) is 0 Å². The maximum atomic E-state index is 14.5. The van der Waals surface area contributed by atoms with E-state index in [4.69, 9.17) is 11.5 Å². The van der Waals surface area contributed by atoms with Gasteiger partial charge in [-0.25, -0.2) is 0 Å². The maximum absolute atomic E-state index is 14.5. The quantitative estimate of drug-likeness (QED) is 0.113. The summed E-state index contributed by atoms with van der Waals surface area (Å²) in [6, 6.07) is -1.28. The highest BCUT2D eigenvalue weighted by molar-refractivity contribution is 7.85. The highest BCUT2D eigenvalue weighted by Gasteiger charge is 2.44. The molecule has 1 aromatic rings. The van der Waals surface area contributed by atoms with Crippen LogP contribution in [-0.4, -0.2) is 127 Å². The van der Waals surface area contributed by atoms with Crippen LogP contribution in [-0.2, 0) is 65.2 Å². The van der Waals surface area contributed by atoms with Crippen molar-refractivity contribution in [1.82, 2.24) is 37.2 Å². The molecule has 0 radical (unpaired) electrons. The van der Waals surface area contributed by atoms with E-state index in [1.807, 2.05) is 0 Å². The monoisotopic (exact) mass is 933 g/mol. The minimum Gasteiger partial charge on any atom is -0.508 e. The van der Waals surface area contributed by atoms with Crippen molar-refractivity contribution < 1.29 is 62.4 Å². The SMILES string of the molecule is CC(C)C[C@@H]1NC(=O)[C@H](CCCC(=O)O)NC(=O)C[S@](=O)C[C@H](C(N)=O)NC(=O)CCCCNC(=O)[C@H](CC(N)=O)NC(=O)C2(CCCCC2)NC(=O)[C@H](Cc2ccc(O)cc2)NC1=O. The fourth-order valence-electron chi connectivity index (χ4n) is 7.48. The first-order valence-corrected chi connectivity index (χ1v) is 23.2. The molecule has 2 fully saturated rings. The molecule has 9 amide bonds. The number of aromatic hydroxyl groups is 1. The van der Waals surface area contributed by atoms with Gasteiger partial charge in [0.1, 0.15) is 47.3 Å². The lowest BCUT2D eigenvalue weighted by molar-refractivity contribution is -0.139. The first-order chi connectivity index (χ1) is 30.7. The number of carbonyl (C=O) groups is 10. The normalized spacial score (nSPS) is 25.1. The summed E-state index contributed by atoms with van der Waals surface area (Å²) in [5.41, 5.74) is 9.79. The van der Waals surface area contributed by atoms with E-state index in [0.29, 0.717) is 18.4 Å². The van der Waals surface area contributed by atoms with Crippen molar-refractivity contribution in [3.63, 3.8) is 0 Å². The van der Waals surface area contributed by atoms with Crippen molar-refractivity contribution in [2.45, 2.75) is 139 Å². The summed E-state index contributed by atoms with van der Waals surface area (Å²) in [4.78, 5) is 132. The number of aliphatic carboxylic acids is 1. The van der Waals surface area contributed by atoms with Gasteiger partial charge in [-0.2, -0.15) is 0 Å². The molecule has 6 atom stereocenters. The fourth-order valence-corrected chi connectivity index (χ4v) is 8.59. The number of benzene rings is 1. The minimum absolute atomic E-state index is 0.0113. The molecular formula is C42H63N9O13S. The third kappa shape index (κ3) is 18.5. The number of rotatable bonds is 11. The lowest BCUT2D eigenvalue weighted by Crippen LogP contribution is -2.66. The molecule has 360 valence electrons. The van der Waals surface area contributed by atoms with Gasteiger partial charge in [-0.15, -0.1) is 0 Å². The maximum Gasteiger partial charge on any atom is 0.303 e. The Morgan fingerprint density at radius 1 is 0.769 bits per heavy atom. The van der Waals surface area contributed by atoms with Gasteiger partial charge >= 0.3 is 5.97 Å². The lowest BCUT2D eigenvalue weighted by Gasteiger charge is -2.38. The van der Waals surface area contributed by atoms with Crippen molar-refractivity contribution in [1.29, 1.82) is 0 Å². The highest BCUT2D eigenvalue weighted by atomic mass is 32.2. The van der Waals surface area contributed by atoms with Crippen LogP contribution in [0.2, 0.25) is 0 Å². The molecule has 13 N–H and O–H groups in total. The summed E-state index contributed by atoms with van der Waals surface area (Å²) in [5.74, 6) is -10.4. The van der Waals surface area contributed by atoms with Crippen LogP contribution in [0.4, 0.5) is 0 Å². The molecular weight excluding hydrogens is 871 g/mol. The summed E-state index contributed by atoms with van der Waals surface area (Å²) in [6.45, 7) is 3.51. The second-order valence-electron chi connectivity index (χ2n) is 16.9. The number of phenols is 1. The molecule has 1 spiro atoms. The number of carboxylic acid groups (broad SMARTS) is 1. The zero-order chi connectivity index (χ0) is 48.3. The van der Waals surface area contributed by atoms with Gasteiger partial charge < -0.3 is 58.9 Å². The molecule has 1 heterocycles. The van der Waals surface area contributed by atoms with Gasteiger partial charge in [-0.1, -0.05) is 45.2 Å². The molecule has 0 aromatic heterocycles. The third-order valence-corrected chi connectivity index (χ3v) is 12.2. The van der Waals surface area contributed by atoms with Crippen LogP contribution in [0.3, 0.4) is 0 Å². The molecule has 1 aromatic carbocycles. The van der Waals surface area contributed by atoms with Gasteiger partial charge in [-0.3, -0.25) is 52.2 Å². The topological polar surface area (TPSA) is 364 Å². The van der Waals surface area contributed by atoms with Gasteiger partial charge in [0.05, 0.1) is 12.2 Å². The summed E-state index contributed by atoms with van der Waals surface area (Å²) >= 11 is 0. The number of nitrogens with two attached hydrogens (primary N) is 2. The van der Waals surface area contributed by atoms with E-state index in [1.54, 1.807) is 13.8 Å². The molecule has 1 saturated heterocycles. The Labute approximate surface area is 379 Å². The first kappa shape index (κ1) is 53.2. The number of carbonyl (C=O) groups excluding carboxylic acids is 9. The summed E-state index contributed by atoms with van der Waals surface area (Å²) in [6.07, 6.45) is 0.765. The smallest absolute Gasteiger partial charge is 0.303 e. The predicted molar refractivity (Wildman–Crippen MR) is 234 cm³/mol. The Hall–Kier alpha value is -6.13. The van der Waals surface area contributed by atoms with Crippen LogP contribution in [0.25, 0.3) is 0 Å². The lowest BCUT2D eigenvalue weighted by atomic mass is 9.80. The van der Waals surface area contributed by atoms with Crippen molar-refractivity contribution in [3.8, 4) is 5.75 Å². The number of hydrogen-bond acceptors (Lipinski definition) is 12. The fraction of sp³-hybridized carbons (Fsp3) is 0.619. The van der Waals surface area contributed by atoms with Crippen molar-refractivity contribution >= 4 is 69.9 Å². The Balaban J connectivity index is 2.07. The largest absolute Gasteiger partial charge is 0.508 e. The molecule has 23 heteroatoms. The number of phenolic OH excluding ortho intramolecular Hbond substituents is 1. The molecule has 2 aliphatic rings. The highest BCUT2D eigenvalue weighted by Crippen LogP contribution is 2.29. The van der Waals surface area contributed by atoms with E-state index < -0.39 is 124 Å². The van der Waals surface area contributed by atoms with Crippen LogP contribution < -0.4 is 48.7 Å². The van der Waals surface area contributed by atoms with Gasteiger partial charge in [0.25, 0.3) is 0 Å². The average Bonchev–Trinajstić information content (AvgIpc) is 3.22. The van der Waals surface area contributed by atoms with Crippen LogP contribution >= 0.6 is 0 Å². The van der Waals surface area contributed by atoms with Crippen LogP contribution in [0, 0.1) is 5.92 Å². The number of nitrogens with one attached hydrogen (secondary N) is 7. The van der Waals surface area contributed by atoms with Crippen molar-refractivity contribution in [3.05, 3.63) is 29.8 Å². The summed E-state index contributed by atoms with van der Waals surface area (Å²) in [7, 11) is -2.12. The standard InChI is InChI=1S/C42H63N9O13S/c1-24(2)19-28-39(61)49-29(20-25-12-14-26(52)15-13-25)40(62)51-42(16-5-3-6-17-42)41(63)50-30(21-32(43)53)37(59)45-18-7-4-10-33(54)47-31(36(44)58)22-65(64)23-34(55)46-27(38(60)48-28)9-8-11-35(56)57/h12-15,24,27-31,52H,3-11,16-23H2,1-2H3,(H2,43,53)(H2,44,58)(H,45,59)(H,46,55)(H,47,54)(H,48,60)(H,49,61)(H,50,63)(H,51,62)(H,56,57)/t27-,28-,29-,30-,31+,65+/m0/s1. The Morgan fingerprint density at radius 3 is 2.03 bits per heavy atom. The zero-order valence-corrected chi connectivity index (χ0v) is 37.6. The minimum atomic E-state index is -2.12. The molecule has 22 nitrogen and oxygen atoms in total. The van der Waals surface area contributed by atoms with Gasteiger partial charge in [0.2, 0.25) is 53.2 Å². The Bertz CT molecular complexity index is 1920. The zero-order valence-electron chi connectivity index (χ0n) is 36.7. The second-order valence-corrected chi connectivity index (χ2v) is 18.4. The second kappa shape index (κ2) is 26.0. The summed E-state index contributed by atoms with van der Waals surface area (Å²) in [5, 5.41) is 37.3. The average molecular weight is 934 g/mol. The van der Waals surface area contributed by atoms with E-state index in [2.05, 4.69) is 37.2 Å². The van der Waals surface area contributed by atoms with E-state index in [0.717, 1.165) is 6.42 Å². The van der Waals surface area contributed by atoms with Crippen molar-refractivity contribution in [2.75, 3.05) is 18.1 Å². The number of hydrogen-bond donors (Lipinski definition) is 11. The van der Waals surface area contributed by atoms with E-state index in [9.17, 15) is 62.4 Å². The first-order valence-electron chi connectivity index (χ1n) is 21.7. The van der Waals surface area contributed by atoms with Crippen molar-refractivity contribution in [2.24, 2.45) is 17.4 Å². The van der Waals surface area contributed by atoms with Crippen LogP contribution in [0.5, 0.6) is 5.75 Å². The predicted octanol–water partition coefficient (Wildman–Crippen LogP) is -2.11. The number of carboxylic acids is 1. The molecule has 65 heavy (non-hydrogen) atoms. The molecule has 3 rings (SSSR count). The van der Waals surface area contributed by atoms with Gasteiger partial charge in [0, 0.05) is 36.6 Å². The van der Waals surface area contributed by atoms with E-state index >= 15 is 0 Å². The number of amides is 9. The van der Waals surface area contributed by atoms with Crippen LogP contribution in [0.1, 0.15) is 103 Å². The third-order valence-electron chi connectivity index (χ3n) is 10.9. The van der Waals surface area contributed by atoms with E-state index in [-0.39, 0.29) is 82.4 Å². The number of primary amides is 2. The molecule has 0 bridgehead atoms. The molecule has 1 aliphatic heterocycles. The van der Waals surface area contributed by atoms with E-state index in [1.165, 1.54) is 24.3 Å². The molecule has 1 aliphatic carbocycles. The summed E-state index contributed by atoms with van der Waals surface area (Å²) < 4.78 is 13.1. The molecule has 0 unspecified atom stereocenters.